The van der Waals surface area contributed by atoms with Gasteiger partial charge in [-0.15, -0.1) is 0 Å². The van der Waals surface area contributed by atoms with Crippen molar-refractivity contribution in [2.24, 2.45) is 0 Å². The fourth-order valence-electron chi connectivity index (χ4n) is 3.26. The summed E-state index contributed by atoms with van der Waals surface area (Å²) in [6, 6.07) is 18.6. The van der Waals surface area contributed by atoms with Crippen LogP contribution in [-0.4, -0.2) is 35.5 Å². The van der Waals surface area contributed by atoms with Crippen molar-refractivity contribution >= 4 is 16.8 Å². The molecule has 5 heteroatoms. The lowest BCUT2D eigenvalue weighted by Crippen LogP contribution is -2.42. The van der Waals surface area contributed by atoms with E-state index in [1.807, 2.05) is 48.5 Å². The first-order chi connectivity index (χ1) is 12.2. The highest BCUT2D eigenvalue weighted by atomic mass is 16.5. The molecule has 2 aromatic carbocycles. The van der Waals surface area contributed by atoms with Crippen LogP contribution < -0.4 is 5.56 Å². The Kier molecular flexibility index (Phi) is 4.07. The molecule has 1 atom stereocenters. The lowest BCUT2D eigenvalue weighted by atomic mass is 10.1. The van der Waals surface area contributed by atoms with Crippen molar-refractivity contribution in [1.82, 2.24) is 9.88 Å². The summed E-state index contributed by atoms with van der Waals surface area (Å²) >= 11 is 0. The second-order valence-electron chi connectivity index (χ2n) is 6.11. The number of hydrogen-bond acceptors (Lipinski definition) is 3. The number of morpholine rings is 1. The van der Waals surface area contributed by atoms with E-state index in [-0.39, 0.29) is 17.6 Å². The smallest absolute Gasteiger partial charge is 0.254 e. The first-order valence-electron chi connectivity index (χ1n) is 8.30. The molecule has 0 bridgehead atoms. The molecule has 0 unspecified atom stereocenters. The number of carbonyl (C=O) groups is 1. The second kappa shape index (κ2) is 6.53. The lowest BCUT2D eigenvalue weighted by Gasteiger charge is -2.33. The Morgan fingerprint density at radius 3 is 2.68 bits per heavy atom. The Labute approximate surface area is 144 Å². The van der Waals surface area contributed by atoms with Gasteiger partial charge in [-0.05, 0) is 11.6 Å². The highest BCUT2D eigenvalue weighted by Crippen LogP contribution is 2.24. The number of fused-ring (bicyclic) bond motifs is 1. The summed E-state index contributed by atoms with van der Waals surface area (Å²) in [5, 5.41) is 0.759. The summed E-state index contributed by atoms with van der Waals surface area (Å²) < 4.78 is 5.83. The van der Waals surface area contributed by atoms with Crippen LogP contribution in [-0.2, 0) is 4.74 Å². The van der Waals surface area contributed by atoms with E-state index < -0.39 is 0 Å². The van der Waals surface area contributed by atoms with Crippen LogP contribution in [0.3, 0.4) is 0 Å². The van der Waals surface area contributed by atoms with Crippen LogP contribution in [0, 0.1) is 0 Å². The van der Waals surface area contributed by atoms with E-state index in [1.165, 1.54) is 6.07 Å². The fraction of sp³-hybridized carbons (Fsp3) is 0.200. The minimum absolute atomic E-state index is 0.133. The fourth-order valence-corrected chi connectivity index (χ4v) is 3.26. The number of H-pyrrole nitrogens is 1. The summed E-state index contributed by atoms with van der Waals surface area (Å²) in [5.74, 6) is -0.133. The van der Waals surface area contributed by atoms with Crippen LogP contribution in [0.5, 0.6) is 0 Å². The third kappa shape index (κ3) is 3.06. The number of nitrogens with zero attached hydrogens (tertiary/aromatic N) is 1. The van der Waals surface area contributed by atoms with Gasteiger partial charge in [0.05, 0.1) is 18.7 Å². The van der Waals surface area contributed by atoms with E-state index in [0.717, 1.165) is 10.9 Å². The van der Waals surface area contributed by atoms with E-state index >= 15 is 0 Å². The number of ether oxygens (including phenoxy) is 1. The molecule has 1 aliphatic rings. The average Bonchev–Trinajstić information content (AvgIpc) is 2.67. The van der Waals surface area contributed by atoms with Gasteiger partial charge in [-0.2, -0.15) is 0 Å². The van der Waals surface area contributed by atoms with Crippen molar-refractivity contribution in [2.75, 3.05) is 19.7 Å². The Hall–Kier alpha value is -2.92. The summed E-state index contributed by atoms with van der Waals surface area (Å²) in [6.45, 7) is 1.47. The summed E-state index contributed by atoms with van der Waals surface area (Å²) in [5.41, 5.74) is 1.89. The molecule has 2 heterocycles. The Morgan fingerprint density at radius 2 is 1.84 bits per heavy atom. The maximum atomic E-state index is 13.1. The zero-order valence-electron chi connectivity index (χ0n) is 13.6. The quantitative estimate of drug-likeness (QED) is 0.784. The summed E-state index contributed by atoms with van der Waals surface area (Å²) in [7, 11) is 0. The average molecular weight is 334 g/mol. The molecule has 0 radical (unpaired) electrons. The number of para-hydroxylation sites is 1. The van der Waals surface area contributed by atoms with Gasteiger partial charge in [0.1, 0.15) is 6.10 Å². The molecular weight excluding hydrogens is 316 g/mol. The van der Waals surface area contributed by atoms with E-state index in [2.05, 4.69) is 4.98 Å². The molecule has 1 fully saturated rings. The van der Waals surface area contributed by atoms with Crippen molar-refractivity contribution in [3.8, 4) is 0 Å². The predicted molar refractivity (Wildman–Crippen MR) is 95.6 cm³/mol. The number of nitrogens with one attached hydrogen (secondary N) is 1. The van der Waals surface area contributed by atoms with Gasteiger partial charge in [0.15, 0.2) is 0 Å². The normalized spacial score (nSPS) is 17.6. The number of benzene rings is 2. The number of rotatable bonds is 2. The Bertz CT molecular complexity index is 965. The van der Waals surface area contributed by atoms with Crippen LogP contribution in [0.2, 0.25) is 0 Å². The third-order valence-corrected chi connectivity index (χ3v) is 4.51. The van der Waals surface area contributed by atoms with Crippen molar-refractivity contribution in [3.63, 3.8) is 0 Å². The first-order valence-corrected chi connectivity index (χ1v) is 8.30. The van der Waals surface area contributed by atoms with E-state index in [1.54, 1.807) is 11.0 Å². The molecule has 126 valence electrons. The maximum Gasteiger partial charge on any atom is 0.254 e. The van der Waals surface area contributed by atoms with Gasteiger partial charge in [-0.3, -0.25) is 9.59 Å². The topological polar surface area (TPSA) is 62.4 Å². The van der Waals surface area contributed by atoms with Crippen LogP contribution in [0.4, 0.5) is 0 Å². The van der Waals surface area contributed by atoms with Gasteiger partial charge in [0, 0.05) is 23.5 Å². The van der Waals surface area contributed by atoms with E-state index in [9.17, 15) is 9.59 Å². The number of amides is 1. The molecule has 0 saturated carbocycles. The van der Waals surface area contributed by atoms with Gasteiger partial charge >= 0.3 is 0 Å². The summed E-state index contributed by atoms with van der Waals surface area (Å²) in [4.78, 5) is 29.5. The molecule has 1 saturated heterocycles. The number of hydrogen-bond donors (Lipinski definition) is 1. The van der Waals surface area contributed by atoms with Crippen molar-refractivity contribution in [3.05, 3.63) is 82.1 Å². The molecule has 1 N–H and O–H groups in total. The van der Waals surface area contributed by atoms with E-state index in [4.69, 9.17) is 4.74 Å². The van der Waals surface area contributed by atoms with Gasteiger partial charge in [-0.25, -0.2) is 0 Å². The molecular formula is C20H18N2O3. The first kappa shape index (κ1) is 15.6. The van der Waals surface area contributed by atoms with Crippen LogP contribution in [0.1, 0.15) is 22.0 Å². The van der Waals surface area contributed by atoms with Crippen molar-refractivity contribution in [1.29, 1.82) is 0 Å². The van der Waals surface area contributed by atoms with Crippen LogP contribution >= 0.6 is 0 Å². The molecule has 1 amide bonds. The molecule has 0 spiro atoms. The highest BCUT2D eigenvalue weighted by molar-refractivity contribution is 6.06. The minimum atomic E-state index is -0.269. The van der Waals surface area contributed by atoms with Gasteiger partial charge in [0.25, 0.3) is 5.91 Å². The largest absolute Gasteiger partial charge is 0.370 e. The standard InChI is InChI=1S/C20H18N2O3/c23-19-12-16(15-8-4-5-9-17(15)21-19)20(24)22-10-11-25-18(13-22)14-6-2-1-3-7-14/h1-9,12,18H,10-11,13H2,(H,21,23)/t18-/m1/s1. The molecule has 1 aromatic heterocycles. The van der Waals surface area contributed by atoms with Gasteiger partial charge < -0.3 is 14.6 Å². The Balaban J connectivity index is 1.66. The number of pyridine rings is 1. The van der Waals surface area contributed by atoms with Gasteiger partial charge in [-0.1, -0.05) is 48.5 Å². The third-order valence-electron chi connectivity index (χ3n) is 4.51. The molecule has 5 nitrogen and oxygen atoms in total. The van der Waals surface area contributed by atoms with Gasteiger partial charge in [0.2, 0.25) is 5.56 Å². The molecule has 4 rings (SSSR count). The summed E-state index contributed by atoms with van der Waals surface area (Å²) in [6.07, 6.45) is -0.146. The SMILES string of the molecule is O=C(c1cc(=O)[nH]c2ccccc12)N1CCO[C@@H](c2ccccc2)C1. The number of aromatic nitrogens is 1. The molecule has 0 aliphatic carbocycles. The molecule has 1 aliphatic heterocycles. The van der Waals surface area contributed by atoms with E-state index in [0.29, 0.717) is 30.8 Å². The highest BCUT2D eigenvalue weighted by Gasteiger charge is 2.27. The molecule has 25 heavy (non-hydrogen) atoms. The maximum absolute atomic E-state index is 13.1. The zero-order valence-corrected chi connectivity index (χ0v) is 13.6. The monoisotopic (exact) mass is 334 g/mol. The number of carbonyl (C=O) groups excluding carboxylic acids is 1. The van der Waals surface area contributed by atoms with Crippen LogP contribution in [0.15, 0.2) is 65.5 Å². The predicted octanol–water partition coefficient (Wildman–Crippen LogP) is 2.74. The van der Waals surface area contributed by atoms with Crippen LogP contribution in [0.25, 0.3) is 10.9 Å². The van der Waals surface area contributed by atoms with Crippen molar-refractivity contribution in [2.45, 2.75) is 6.10 Å². The minimum Gasteiger partial charge on any atom is -0.370 e. The number of aromatic amines is 1. The second-order valence-corrected chi connectivity index (χ2v) is 6.11. The zero-order chi connectivity index (χ0) is 17.2. The van der Waals surface area contributed by atoms with Crippen molar-refractivity contribution < 1.29 is 9.53 Å². The Morgan fingerprint density at radius 1 is 1.08 bits per heavy atom. The molecule has 3 aromatic rings. The lowest BCUT2D eigenvalue weighted by molar-refractivity contribution is -0.0227.